The molecule has 1 saturated carbocycles. The van der Waals surface area contributed by atoms with E-state index in [2.05, 4.69) is 10.0 Å². The zero-order valence-corrected chi connectivity index (χ0v) is 13.3. The third kappa shape index (κ3) is 4.30. The summed E-state index contributed by atoms with van der Waals surface area (Å²) in [6.45, 7) is 6.55. The molecule has 0 amide bonds. The Hall–Kier alpha value is -0.910. The third-order valence-electron chi connectivity index (χ3n) is 3.70. The van der Waals surface area contributed by atoms with Crippen LogP contribution < -0.4 is 10.0 Å². The molecule has 1 aliphatic rings. The summed E-state index contributed by atoms with van der Waals surface area (Å²) in [7, 11) is -3.44. The van der Waals surface area contributed by atoms with Crippen LogP contribution in [0.15, 0.2) is 29.2 Å². The van der Waals surface area contributed by atoms with E-state index >= 15 is 0 Å². The smallest absolute Gasteiger partial charge is 0.241 e. The molecule has 0 saturated heterocycles. The lowest BCUT2D eigenvalue weighted by molar-refractivity contribution is 0.439. The maximum Gasteiger partial charge on any atom is 0.241 e. The first-order valence-electron chi connectivity index (χ1n) is 7.19. The molecular weight excluding hydrogens is 272 g/mol. The summed E-state index contributed by atoms with van der Waals surface area (Å²) < 4.78 is 27.3. The molecule has 5 heteroatoms. The van der Waals surface area contributed by atoms with Gasteiger partial charge in [-0.25, -0.2) is 13.1 Å². The van der Waals surface area contributed by atoms with Crippen molar-refractivity contribution < 1.29 is 8.42 Å². The van der Waals surface area contributed by atoms with Gasteiger partial charge in [-0.05, 0) is 50.8 Å². The highest BCUT2D eigenvalue weighted by Gasteiger charge is 2.24. The van der Waals surface area contributed by atoms with Crippen molar-refractivity contribution in [1.29, 1.82) is 0 Å². The van der Waals surface area contributed by atoms with Gasteiger partial charge in [0.05, 0.1) is 4.90 Å². The van der Waals surface area contributed by atoms with Crippen molar-refractivity contribution in [2.75, 3.05) is 0 Å². The van der Waals surface area contributed by atoms with E-state index in [-0.39, 0.29) is 0 Å². The van der Waals surface area contributed by atoms with Crippen LogP contribution >= 0.6 is 0 Å². The van der Waals surface area contributed by atoms with Crippen LogP contribution in [0.4, 0.5) is 0 Å². The van der Waals surface area contributed by atoms with Gasteiger partial charge in [0, 0.05) is 18.1 Å². The monoisotopic (exact) mass is 296 g/mol. The zero-order chi connectivity index (χ0) is 14.8. The van der Waals surface area contributed by atoms with Crippen molar-refractivity contribution in [3.63, 3.8) is 0 Å². The lowest BCUT2D eigenvalue weighted by Crippen LogP contribution is -2.42. The van der Waals surface area contributed by atoms with Crippen molar-refractivity contribution in [3.05, 3.63) is 29.8 Å². The number of nitrogens with one attached hydrogen (secondary N) is 2. The minimum absolute atomic E-state index is 0.328. The van der Waals surface area contributed by atoms with Gasteiger partial charge in [-0.2, -0.15) is 0 Å². The number of sulfonamides is 1. The largest absolute Gasteiger partial charge is 0.310 e. The average Bonchev–Trinajstić information content (AvgIpc) is 3.20. The molecule has 2 N–H and O–H groups in total. The predicted molar refractivity (Wildman–Crippen MR) is 81.0 cm³/mol. The highest BCUT2D eigenvalue weighted by Crippen LogP contribution is 2.20. The second-order valence-corrected chi connectivity index (χ2v) is 7.82. The summed E-state index contributed by atoms with van der Waals surface area (Å²) in [5.41, 5.74) is 0.691. The molecule has 1 aliphatic carbocycles. The second-order valence-electron chi connectivity index (χ2n) is 6.14. The topological polar surface area (TPSA) is 58.2 Å². The Kier molecular flexibility index (Phi) is 4.52. The summed E-state index contributed by atoms with van der Waals surface area (Å²) in [4.78, 5) is 0.328. The van der Waals surface area contributed by atoms with E-state index in [0.717, 1.165) is 18.5 Å². The minimum Gasteiger partial charge on any atom is -0.310 e. The molecule has 2 rings (SSSR count). The van der Waals surface area contributed by atoms with E-state index in [1.54, 1.807) is 12.1 Å². The van der Waals surface area contributed by atoms with Crippen LogP contribution in [-0.2, 0) is 16.6 Å². The first-order chi connectivity index (χ1) is 9.32. The number of benzene rings is 1. The van der Waals surface area contributed by atoms with Crippen LogP contribution in [-0.4, -0.2) is 20.0 Å². The number of hydrogen-bond acceptors (Lipinski definition) is 3. The molecule has 0 radical (unpaired) electrons. The van der Waals surface area contributed by atoms with Crippen molar-refractivity contribution >= 4 is 10.0 Å². The normalized spacial score (nSPS) is 16.4. The lowest BCUT2D eigenvalue weighted by Gasteiger charge is -2.24. The first kappa shape index (κ1) is 15.5. The molecule has 0 heterocycles. The summed E-state index contributed by atoms with van der Waals surface area (Å²) >= 11 is 0. The van der Waals surface area contributed by atoms with Gasteiger partial charge >= 0.3 is 0 Å². The maximum absolute atomic E-state index is 12.3. The van der Waals surface area contributed by atoms with Crippen molar-refractivity contribution in [1.82, 2.24) is 10.0 Å². The summed E-state index contributed by atoms with van der Waals surface area (Å²) in [6, 6.07) is 7.77. The lowest BCUT2D eigenvalue weighted by atomic mass is 10.0. The van der Waals surface area contributed by atoms with Gasteiger partial charge in [0.1, 0.15) is 0 Å². The van der Waals surface area contributed by atoms with Crippen LogP contribution in [0.1, 0.15) is 45.6 Å². The second kappa shape index (κ2) is 5.84. The average molecular weight is 296 g/mol. The molecule has 1 aromatic rings. The number of hydrogen-bond donors (Lipinski definition) is 2. The van der Waals surface area contributed by atoms with Gasteiger partial charge in [-0.1, -0.05) is 19.1 Å². The molecule has 0 bridgehead atoms. The quantitative estimate of drug-likeness (QED) is 0.812. The number of rotatable bonds is 7. The molecule has 0 aliphatic heterocycles. The molecular formula is C15H24N2O2S. The highest BCUT2D eigenvalue weighted by molar-refractivity contribution is 7.89. The maximum atomic E-state index is 12.3. The van der Waals surface area contributed by atoms with E-state index in [9.17, 15) is 8.42 Å². The zero-order valence-electron chi connectivity index (χ0n) is 12.4. The SMILES string of the molecule is CCC(C)(C)NS(=O)(=O)c1ccc(CNC2CC2)cc1. The molecule has 4 nitrogen and oxygen atoms in total. The fraction of sp³-hybridized carbons (Fsp3) is 0.600. The Morgan fingerprint density at radius 2 is 1.80 bits per heavy atom. The highest BCUT2D eigenvalue weighted by atomic mass is 32.2. The van der Waals surface area contributed by atoms with E-state index < -0.39 is 15.6 Å². The van der Waals surface area contributed by atoms with Crippen LogP contribution in [0, 0.1) is 0 Å². The van der Waals surface area contributed by atoms with Crippen molar-refractivity contribution in [3.8, 4) is 0 Å². The van der Waals surface area contributed by atoms with Crippen LogP contribution in [0.2, 0.25) is 0 Å². The fourth-order valence-corrected chi connectivity index (χ4v) is 3.31. The Labute approximate surface area is 122 Å². The van der Waals surface area contributed by atoms with Gasteiger partial charge in [-0.3, -0.25) is 0 Å². The van der Waals surface area contributed by atoms with E-state index in [0.29, 0.717) is 10.9 Å². The standard InChI is InChI=1S/C15H24N2O2S/c1-4-15(2,3)17-20(18,19)14-9-5-12(6-10-14)11-16-13-7-8-13/h5-6,9-10,13,16-17H,4,7-8,11H2,1-3H3. The third-order valence-corrected chi connectivity index (χ3v) is 5.41. The van der Waals surface area contributed by atoms with Crippen LogP contribution in [0.3, 0.4) is 0 Å². The molecule has 0 spiro atoms. The summed E-state index contributed by atoms with van der Waals surface area (Å²) in [5.74, 6) is 0. The molecule has 0 atom stereocenters. The van der Waals surface area contributed by atoms with Crippen molar-refractivity contribution in [2.24, 2.45) is 0 Å². The van der Waals surface area contributed by atoms with Gasteiger partial charge < -0.3 is 5.32 Å². The Morgan fingerprint density at radius 1 is 1.20 bits per heavy atom. The van der Waals surface area contributed by atoms with Crippen molar-refractivity contribution in [2.45, 2.75) is 63.1 Å². The summed E-state index contributed by atoms with van der Waals surface area (Å²) in [5, 5.41) is 3.41. The Balaban J connectivity index is 2.03. The molecule has 1 aromatic carbocycles. The van der Waals surface area contributed by atoms with E-state index in [1.807, 2.05) is 32.9 Å². The van der Waals surface area contributed by atoms with Gasteiger partial charge in [-0.15, -0.1) is 0 Å². The van der Waals surface area contributed by atoms with E-state index in [4.69, 9.17) is 0 Å². The molecule has 0 aromatic heterocycles. The molecule has 112 valence electrons. The fourth-order valence-electron chi connectivity index (χ4n) is 1.83. The predicted octanol–water partition coefficient (Wildman–Crippen LogP) is 2.41. The van der Waals surface area contributed by atoms with Gasteiger partial charge in [0.2, 0.25) is 10.0 Å². The summed E-state index contributed by atoms with van der Waals surface area (Å²) in [6.07, 6.45) is 3.25. The van der Waals surface area contributed by atoms with Crippen LogP contribution in [0.25, 0.3) is 0 Å². The first-order valence-corrected chi connectivity index (χ1v) is 8.67. The molecule has 1 fully saturated rings. The Morgan fingerprint density at radius 3 is 2.30 bits per heavy atom. The molecule has 0 unspecified atom stereocenters. The van der Waals surface area contributed by atoms with E-state index in [1.165, 1.54) is 12.8 Å². The molecule has 20 heavy (non-hydrogen) atoms. The minimum atomic E-state index is -3.44. The van der Waals surface area contributed by atoms with Gasteiger partial charge in [0.25, 0.3) is 0 Å². The Bertz CT molecular complexity index is 546. The van der Waals surface area contributed by atoms with Crippen LogP contribution in [0.5, 0.6) is 0 Å². The van der Waals surface area contributed by atoms with Gasteiger partial charge in [0.15, 0.2) is 0 Å².